The van der Waals surface area contributed by atoms with Gasteiger partial charge in [0.25, 0.3) is 0 Å². The Morgan fingerprint density at radius 3 is 2.94 bits per heavy atom. The monoisotopic (exact) mass is 234 g/mol. The molecular weight excluding hydrogens is 220 g/mol. The van der Waals surface area contributed by atoms with Crippen LogP contribution in [0.5, 0.6) is 0 Å². The summed E-state index contributed by atoms with van der Waals surface area (Å²) in [7, 11) is 0. The van der Waals surface area contributed by atoms with E-state index in [9.17, 15) is 0 Å². The second kappa shape index (κ2) is 5.03. The fourth-order valence-electron chi connectivity index (χ4n) is 1.31. The summed E-state index contributed by atoms with van der Waals surface area (Å²) < 4.78 is 0. The predicted molar refractivity (Wildman–Crippen MR) is 65.6 cm³/mol. The lowest BCUT2D eigenvalue weighted by atomic mass is 10.3. The molecule has 0 unspecified atom stereocenters. The van der Waals surface area contributed by atoms with Crippen molar-refractivity contribution in [2.45, 2.75) is 26.8 Å². The zero-order chi connectivity index (χ0) is 11.4. The highest BCUT2D eigenvalue weighted by Gasteiger charge is 2.01. The lowest BCUT2D eigenvalue weighted by molar-refractivity contribution is 0.982. The van der Waals surface area contributed by atoms with Crippen LogP contribution in [0.15, 0.2) is 18.5 Å². The molecule has 4 nitrogen and oxygen atoms in total. The van der Waals surface area contributed by atoms with E-state index in [1.165, 1.54) is 4.88 Å². The Bertz CT molecular complexity index is 467. The van der Waals surface area contributed by atoms with Crippen molar-refractivity contribution >= 4 is 17.2 Å². The maximum Gasteiger partial charge on any atom is 0.149 e. The summed E-state index contributed by atoms with van der Waals surface area (Å²) in [6, 6.07) is 1.97. The van der Waals surface area contributed by atoms with E-state index in [1.807, 2.05) is 19.2 Å². The van der Waals surface area contributed by atoms with Crippen LogP contribution in [0.2, 0.25) is 0 Å². The number of anilines is 1. The fourth-order valence-corrected chi connectivity index (χ4v) is 2.11. The number of rotatable bonds is 4. The Morgan fingerprint density at radius 1 is 1.38 bits per heavy atom. The molecule has 0 aromatic carbocycles. The minimum absolute atomic E-state index is 0.711. The summed E-state index contributed by atoms with van der Waals surface area (Å²) in [4.78, 5) is 5.64. The SMILES string of the molecule is CCc1cnc(CNc2cc(C)cnn2)s1. The Balaban J connectivity index is 1.96. The van der Waals surface area contributed by atoms with Crippen molar-refractivity contribution in [2.24, 2.45) is 0 Å². The largest absolute Gasteiger partial charge is 0.362 e. The molecule has 0 aliphatic rings. The summed E-state index contributed by atoms with van der Waals surface area (Å²) in [6.45, 7) is 4.85. The van der Waals surface area contributed by atoms with E-state index in [0.717, 1.165) is 22.8 Å². The smallest absolute Gasteiger partial charge is 0.149 e. The standard InChI is InChI=1S/C11H14N4S/c1-3-9-6-13-11(16-9)7-12-10-4-8(2)5-14-15-10/h4-6H,3,7H2,1-2H3,(H,12,15). The molecule has 0 saturated carbocycles. The highest BCUT2D eigenvalue weighted by atomic mass is 32.1. The molecule has 0 spiro atoms. The first kappa shape index (κ1) is 11.0. The van der Waals surface area contributed by atoms with Crippen LogP contribution in [-0.4, -0.2) is 15.2 Å². The Hall–Kier alpha value is -1.49. The Morgan fingerprint density at radius 2 is 2.25 bits per heavy atom. The van der Waals surface area contributed by atoms with Crippen LogP contribution in [0.1, 0.15) is 22.4 Å². The van der Waals surface area contributed by atoms with Crippen molar-refractivity contribution < 1.29 is 0 Å². The van der Waals surface area contributed by atoms with Crippen LogP contribution >= 0.6 is 11.3 Å². The average Bonchev–Trinajstić information content (AvgIpc) is 2.74. The van der Waals surface area contributed by atoms with Crippen LogP contribution in [0, 0.1) is 6.92 Å². The first-order valence-corrected chi connectivity index (χ1v) is 6.06. The zero-order valence-corrected chi connectivity index (χ0v) is 10.2. The van der Waals surface area contributed by atoms with E-state index in [0.29, 0.717) is 6.54 Å². The van der Waals surface area contributed by atoms with Gasteiger partial charge in [0.05, 0.1) is 12.7 Å². The van der Waals surface area contributed by atoms with Crippen molar-refractivity contribution in [1.29, 1.82) is 0 Å². The van der Waals surface area contributed by atoms with Gasteiger partial charge in [0.1, 0.15) is 10.8 Å². The van der Waals surface area contributed by atoms with Gasteiger partial charge in [0, 0.05) is 11.1 Å². The third-order valence-electron chi connectivity index (χ3n) is 2.16. The van der Waals surface area contributed by atoms with Gasteiger partial charge in [0.2, 0.25) is 0 Å². The van der Waals surface area contributed by atoms with E-state index < -0.39 is 0 Å². The van der Waals surface area contributed by atoms with Gasteiger partial charge >= 0.3 is 0 Å². The third-order valence-corrected chi connectivity index (χ3v) is 3.30. The van der Waals surface area contributed by atoms with Gasteiger partial charge in [-0.3, -0.25) is 0 Å². The number of nitrogens with one attached hydrogen (secondary N) is 1. The van der Waals surface area contributed by atoms with Gasteiger partial charge in [-0.15, -0.1) is 16.4 Å². The van der Waals surface area contributed by atoms with Crippen molar-refractivity contribution in [3.05, 3.63) is 33.9 Å². The number of aromatic nitrogens is 3. The Kier molecular flexibility index (Phi) is 3.46. The van der Waals surface area contributed by atoms with E-state index >= 15 is 0 Å². The quantitative estimate of drug-likeness (QED) is 0.882. The Labute approximate surface area is 98.8 Å². The van der Waals surface area contributed by atoms with Crippen LogP contribution in [0.25, 0.3) is 0 Å². The van der Waals surface area contributed by atoms with Crippen LogP contribution < -0.4 is 5.32 Å². The van der Waals surface area contributed by atoms with Gasteiger partial charge in [-0.1, -0.05) is 6.92 Å². The van der Waals surface area contributed by atoms with Crippen molar-refractivity contribution in [2.75, 3.05) is 5.32 Å². The van der Waals surface area contributed by atoms with E-state index in [4.69, 9.17) is 0 Å². The summed E-state index contributed by atoms with van der Waals surface area (Å²) in [5.74, 6) is 0.799. The molecule has 0 amide bonds. The van der Waals surface area contributed by atoms with Gasteiger partial charge < -0.3 is 5.32 Å². The number of hydrogen-bond acceptors (Lipinski definition) is 5. The number of aryl methyl sites for hydroxylation is 2. The maximum atomic E-state index is 4.33. The van der Waals surface area contributed by atoms with Gasteiger partial charge in [-0.2, -0.15) is 5.10 Å². The van der Waals surface area contributed by atoms with Crippen LogP contribution in [0.3, 0.4) is 0 Å². The molecule has 84 valence electrons. The van der Waals surface area contributed by atoms with Gasteiger partial charge in [0.15, 0.2) is 0 Å². The molecule has 0 fully saturated rings. The normalized spacial score (nSPS) is 10.4. The molecule has 0 saturated heterocycles. The lowest BCUT2D eigenvalue weighted by Crippen LogP contribution is -2.01. The molecular formula is C11H14N4S. The predicted octanol–water partition coefficient (Wildman–Crippen LogP) is 2.42. The summed E-state index contributed by atoms with van der Waals surface area (Å²) in [5.41, 5.74) is 1.10. The second-order valence-electron chi connectivity index (χ2n) is 3.55. The maximum absolute atomic E-state index is 4.33. The van der Waals surface area contributed by atoms with Crippen LogP contribution in [-0.2, 0) is 13.0 Å². The molecule has 0 aliphatic carbocycles. The van der Waals surface area contributed by atoms with Gasteiger partial charge in [-0.05, 0) is 25.0 Å². The van der Waals surface area contributed by atoms with Crippen LogP contribution in [0.4, 0.5) is 5.82 Å². The molecule has 2 heterocycles. The lowest BCUT2D eigenvalue weighted by Gasteiger charge is -2.02. The summed E-state index contributed by atoms with van der Waals surface area (Å²) >= 11 is 1.73. The second-order valence-corrected chi connectivity index (χ2v) is 4.75. The summed E-state index contributed by atoms with van der Waals surface area (Å²) in [6.07, 6.45) is 4.72. The number of thiazole rings is 1. The third kappa shape index (κ3) is 2.76. The first-order chi connectivity index (χ1) is 7.78. The molecule has 2 aromatic rings. The number of nitrogens with zero attached hydrogens (tertiary/aromatic N) is 3. The van der Waals surface area contributed by atoms with Crippen molar-refractivity contribution in [1.82, 2.24) is 15.2 Å². The molecule has 2 aromatic heterocycles. The van der Waals surface area contributed by atoms with E-state index in [1.54, 1.807) is 17.5 Å². The molecule has 0 radical (unpaired) electrons. The first-order valence-electron chi connectivity index (χ1n) is 5.24. The minimum atomic E-state index is 0.711. The average molecular weight is 234 g/mol. The molecule has 0 atom stereocenters. The molecule has 2 rings (SSSR count). The molecule has 0 aliphatic heterocycles. The topological polar surface area (TPSA) is 50.7 Å². The minimum Gasteiger partial charge on any atom is -0.362 e. The highest BCUT2D eigenvalue weighted by molar-refractivity contribution is 7.11. The number of hydrogen-bond donors (Lipinski definition) is 1. The fraction of sp³-hybridized carbons (Fsp3) is 0.364. The van der Waals surface area contributed by atoms with E-state index in [-0.39, 0.29) is 0 Å². The molecule has 5 heteroatoms. The van der Waals surface area contributed by atoms with Crippen molar-refractivity contribution in [3.8, 4) is 0 Å². The van der Waals surface area contributed by atoms with Gasteiger partial charge in [-0.25, -0.2) is 4.98 Å². The molecule has 16 heavy (non-hydrogen) atoms. The van der Waals surface area contributed by atoms with Crippen molar-refractivity contribution in [3.63, 3.8) is 0 Å². The molecule has 1 N–H and O–H groups in total. The summed E-state index contributed by atoms with van der Waals surface area (Å²) in [5, 5.41) is 12.2. The van der Waals surface area contributed by atoms with E-state index in [2.05, 4.69) is 27.4 Å². The highest BCUT2D eigenvalue weighted by Crippen LogP contribution is 2.14. The zero-order valence-electron chi connectivity index (χ0n) is 9.40. The molecule has 0 bridgehead atoms.